The number of nitrogens with zero attached hydrogens (tertiary/aromatic N) is 2. The molecule has 1 aliphatic carbocycles. The lowest BCUT2D eigenvalue weighted by Crippen LogP contribution is -2.36. The van der Waals surface area contributed by atoms with Gasteiger partial charge < -0.3 is 14.4 Å². The Morgan fingerprint density at radius 2 is 1.77 bits per heavy atom. The monoisotopic (exact) mass is 310 g/mol. The number of allylic oxidation sites excluding steroid dienone is 1. The number of hydrogen-bond acceptors (Lipinski definition) is 4. The summed E-state index contributed by atoms with van der Waals surface area (Å²) in [5.41, 5.74) is -0.344. The van der Waals surface area contributed by atoms with Crippen molar-refractivity contribution < 1.29 is 23.0 Å². The molecule has 0 radical (unpaired) electrons. The number of hydrogen-bond donors (Lipinski definition) is 0. The van der Waals surface area contributed by atoms with Crippen molar-refractivity contribution in [3.8, 4) is 11.8 Å². The van der Waals surface area contributed by atoms with Crippen LogP contribution in [0.5, 0.6) is 11.8 Å². The molecule has 1 unspecified atom stereocenters. The van der Waals surface area contributed by atoms with Gasteiger partial charge in [0.2, 0.25) is 5.91 Å². The molecule has 0 N–H and O–H groups in total. The predicted molar refractivity (Wildman–Crippen MR) is 73.6 cm³/mol. The first-order chi connectivity index (χ1) is 10.6. The molecule has 0 aromatic carbocycles. The van der Waals surface area contributed by atoms with Gasteiger partial charge in [-0.1, -0.05) is 6.08 Å². The van der Waals surface area contributed by atoms with E-state index in [4.69, 9.17) is 9.47 Å². The second kappa shape index (κ2) is 5.55. The van der Waals surface area contributed by atoms with E-state index in [1.807, 2.05) is 0 Å². The van der Waals surface area contributed by atoms with Crippen LogP contribution in [-0.2, 0) is 4.79 Å². The highest BCUT2D eigenvalue weighted by molar-refractivity contribution is 5.86. The van der Waals surface area contributed by atoms with Gasteiger partial charge in [0.25, 0.3) is 11.8 Å². The fourth-order valence-corrected chi connectivity index (χ4v) is 2.65. The van der Waals surface area contributed by atoms with E-state index in [0.717, 1.165) is 12.8 Å². The quantitative estimate of drug-likeness (QED) is 0.857. The Bertz CT molecular complexity index is 616. The van der Waals surface area contributed by atoms with Crippen molar-refractivity contribution in [3.05, 3.63) is 29.5 Å². The molecule has 0 spiro atoms. The minimum atomic E-state index is -0.954. The van der Waals surface area contributed by atoms with Gasteiger partial charge in [-0.3, -0.25) is 4.79 Å². The van der Waals surface area contributed by atoms with E-state index in [1.54, 1.807) is 17.2 Å². The molecule has 1 atom stereocenters. The van der Waals surface area contributed by atoms with Gasteiger partial charge in [-0.15, -0.1) is 0 Å². The zero-order chi connectivity index (χ0) is 15.9. The normalized spacial score (nSPS) is 21.2. The van der Waals surface area contributed by atoms with Gasteiger partial charge in [0, 0.05) is 17.8 Å². The highest BCUT2D eigenvalue weighted by Gasteiger charge is 2.40. The first-order valence-electron chi connectivity index (χ1n) is 7.04. The average Bonchev–Trinajstić information content (AvgIpc) is 3.34. The van der Waals surface area contributed by atoms with Crippen LogP contribution in [0.3, 0.4) is 0 Å². The molecule has 2 heterocycles. The molecule has 1 aliphatic heterocycles. The molecule has 22 heavy (non-hydrogen) atoms. The highest BCUT2D eigenvalue weighted by Crippen LogP contribution is 2.39. The molecule has 0 saturated heterocycles. The maximum Gasteiger partial charge on any atom is 0.253 e. The van der Waals surface area contributed by atoms with Gasteiger partial charge in [-0.25, -0.2) is 8.78 Å². The third-order valence-corrected chi connectivity index (χ3v) is 3.92. The van der Waals surface area contributed by atoms with Crippen molar-refractivity contribution >= 4 is 5.91 Å². The molecule has 7 heteroatoms. The summed E-state index contributed by atoms with van der Waals surface area (Å²) in [6.45, 7) is 0. The number of carbonyl (C=O) groups is 1. The van der Waals surface area contributed by atoms with E-state index in [0.29, 0.717) is 0 Å². The Labute approximate surface area is 126 Å². The van der Waals surface area contributed by atoms with Crippen molar-refractivity contribution in [2.45, 2.75) is 31.2 Å². The van der Waals surface area contributed by atoms with E-state index in [1.165, 1.54) is 14.2 Å². The fraction of sp³-hybridized carbons (Fsp3) is 0.467. The molecular formula is C15H16F2N2O3. The minimum absolute atomic E-state index is 0.142. The molecule has 1 amide bonds. The number of amides is 1. The summed E-state index contributed by atoms with van der Waals surface area (Å²) in [5, 5.41) is 0. The minimum Gasteiger partial charge on any atom is -0.479 e. The number of rotatable bonds is 4. The molecule has 118 valence electrons. The van der Waals surface area contributed by atoms with Crippen LogP contribution >= 0.6 is 0 Å². The van der Waals surface area contributed by atoms with Crippen LogP contribution in [0.2, 0.25) is 0 Å². The van der Waals surface area contributed by atoms with Crippen LogP contribution in [0, 0.1) is 11.6 Å². The summed E-state index contributed by atoms with van der Waals surface area (Å²) in [7, 11) is 2.46. The SMILES string of the molecule is COc1nc(OC)c(F)c(C2CC=CN(C3CC3)C2=O)c1F. The van der Waals surface area contributed by atoms with Gasteiger partial charge in [0.1, 0.15) is 0 Å². The standard InChI is InChI=1S/C15H16F2N2O3/c1-21-13-11(16)10(12(17)14(18-13)22-2)9-4-3-7-19(15(9)20)8-5-6-8/h3,7-9H,4-6H2,1-2H3. The number of ether oxygens (including phenoxy) is 2. The topological polar surface area (TPSA) is 51.7 Å². The van der Waals surface area contributed by atoms with Crippen LogP contribution in [0.1, 0.15) is 30.7 Å². The lowest BCUT2D eigenvalue weighted by Gasteiger charge is -2.28. The molecule has 1 fully saturated rings. The van der Waals surface area contributed by atoms with Crippen molar-refractivity contribution in [2.75, 3.05) is 14.2 Å². The van der Waals surface area contributed by atoms with E-state index in [2.05, 4.69) is 4.98 Å². The Kier molecular flexibility index (Phi) is 3.72. The third kappa shape index (κ3) is 2.30. The first kappa shape index (κ1) is 14.7. The highest BCUT2D eigenvalue weighted by atomic mass is 19.1. The van der Waals surface area contributed by atoms with Crippen molar-refractivity contribution in [3.63, 3.8) is 0 Å². The van der Waals surface area contributed by atoms with Gasteiger partial charge in [-0.2, -0.15) is 4.98 Å². The van der Waals surface area contributed by atoms with E-state index >= 15 is 0 Å². The van der Waals surface area contributed by atoms with Crippen molar-refractivity contribution in [1.82, 2.24) is 9.88 Å². The van der Waals surface area contributed by atoms with Crippen LogP contribution in [-0.4, -0.2) is 36.1 Å². The third-order valence-electron chi connectivity index (χ3n) is 3.92. The molecule has 1 saturated carbocycles. The lowest BCUT2D eigenvalue weighted by molar-refractivity contribution is -0.131. The molecule has 1 aromatic heterocycles. The van der Waals surface area contributed by atoms with Crippen LogP contribution in [0.4, 0.5) is 8.78 Å². The Morgan fingerprint density at radius 3 is 2.27 bits per heavy atom. The Hall–Kier alpha value is -2.18. The summed E-state index contributed by atoms with van der Waals surface area (Å²) >= 11 is 0. The summed E-state index contributed by atoms with van der Waals surface area (Å²) in [6, 6.07) is 0.142. The smallest absolute Gasteiger partial charge is 0.253 e. The number of carbonyl (C=O) groups excluding carboxylic acids is 1. The zero-order valence-corrected chi connectivity index (χ0v) is 12.3. The average molecular weight is 310 g/mol. The van der Waals surface area contributed by atoms with Crippen LogP contribution in [0.25, 0.3) is 0 Å². The summed E-state index contributed by atoms with van der Waals surface area (Å²) in [4.78, 5) is 17.7. The maximum atomic E-state index is 14.5. The molecule has 3 rings (SSSR count). The summed E-state index contributed by atoms with van der Waals surface area (Å²) in [5.74, 6) is -3.91. The first-order valence-corrected chi connectivity index (χ1v) is 7.04. The molecular weight excluding hydrogens is 294 g/mol. The summed E-state index contributed by atoms with van der Waals surface area (Å²) < 4.78 is 38.6. The van der Waals surface area contributed by atoms with Gasteiger partial charge >= 0.3 is 0 Å². The number of pyridine rings is 1. The largest absolute Gasteiger partial charge is 0.479 e. The number of methoxy groups -OCH3 is 2. The van der Waals surface area contributed by atoms with Gasteiger partial charge in [0.05, 0.1) is 20.1 Å². The molecule has 1 aromatic rings. The summed E-state index contributed by atoms with van der Waals surface area (Å²) in [6.07, 6.45) is 5.50. The van der Waals surface area contributed by atoms with Gasteiger partial charge in [0.15, 0.2) is 11.6 Å². The van der Waals surface area contributed by atoms with Crippen LogP contribution < -0.4 is 9.47 Å². The van der Waals surface area contributed by atoms with E-state index in [-0.39, 0.29) is 35.7 Å². The zero-order valence-electron chi connectivity index (χ0n) is 12.3. The lowest BCUT2D eigenvalue weighted by atomic mass is 9.91. The second-order valence-electron chi connectivity index (χ2n) is 5.32. The number of aromatic nitrogens is 1. The Balaban J connectivity index is 2.07. The van der Waals surface area contributed by atoms with Crippen molar-refractivity contribution in [1.29, 1.82) is 0 Å². The molecule has 0 bridgehead atoms. The predicted octanol–water partition coefficient (Wildman–Crippen LogP) is 2.37. The van der Waals surface area contributed by atoms with Gasteiger partial charge in [-0.05, 0) is 19.3 Å². The molecule has 2 aliphatic rings. The Morgan fingerprint density at radius 1 is 1.18 bits per heavy atom. The maximum absolute atomic E-state index is 14.5. The van der Waals surface area contributed by atoms with E-state index < -0.39 is 17.6 Å². The second-order valence-corrected chi connectivity index (χ2v) is 5.32. The number of halogens is 2. The van der Waals surface area contributed by atoms with E-state index in [9.17, 15) is 13.6 Å². The fourth-order valence-electron chi connectivity index (χ4n) is 2.65. The molecule has 5 nitrogen and oxygen atoms in total. The van der Waals surface area contributed by atoms with Crippen molar-refractivity contribution in [2.24, 2.45) is 0 Å². The van der Waals surface area contributed by atoms with Crippen LogP contribution in [0.15, 0.2) is 12.3 Å².